The van der Waals surface area contributed by atoms with Crippen LogP contribution in [0.5, 0.6) is 5.75 Å². The Balaban J connectivity index is 1.96. The van der Waals surface area contributed by atoms with E-state index in [2.05, 4.69) is 24.4 Å². The summed E-state index contributed by atoms with van der Waals surface area (Å²) in [6.45, 7) is 4.86. The van der Waals surface area contributed by atoms with Crippen LogP contribution in [0, 0.1) is 12.7 Å². The van der Waals surface area contributed by atoms with Gasteiger partial charge in [0, 0.05) is 11.6 Å². The van der Waals surface area contributed by atoms with Crippen molar-refractivity contribution in [2.45, 2.75) is 26.3 Å². The van der Waals surface area contributed by atoms with Crippen molar-refractivity contribution in [2.24, 2.45) is 0 Å². The molecule has 0 aliphatic carbocycles. The van der Waals surface area contributed by atoms with Crippen molar-refractivity contribution < 1.29 is 9.13 Å². The fraction of sp³-hybridized carbons (Fsp3) is 0.333. The molecule has 0 heterocycles. The van der Waals surface area contributed by atoms with E-state index in [-0.39, 0.29) is 11.9 Å². The lowest BCUT2D eigenvalue weighted by molar-refractivity contribution is 0.401. The van der Waals surface area contributed by atoms with Gasteiger partial charge in [0.1, 0.15) is 11.6 Å². The molecular formula is C18H22FNO. The molecule has 21 heavy (non-hydrogen) atoms. The van der Waals surface area contributed by atoms with Gasteiger partial charge in [-0.2, -0.15) is 0 Å². The minimum absolute atomic E-state index is 0.139. The van der Waals surface area contributed by atoms with Crippen molar-refractivity contribution in [3.05, 3.63) is 65.0 Å². The second-order valence-corrected chi connectivity index (χ2v) is 5.26. The van der Waals surface area contributed by atoms with Crippen LogP contribution >= 0.6 is 0 Å². The van der Waals surface area contributed by atoms with Gasteiger partial charge in [-0.1, -0.05) is 30.3 Å². The molecule has 2 aromatic rings. The summed E-state index contributed by atoms with van der Waals surface area (Å²) in [7, 11) is 1.68. The summed E-state index contributed by atoms with van der Waals surface area (Å²) in [5.74, 6) is 0.751. The molecule has 0 amide bonds. The fourth-order valence-electron chi connectivity index (χ4n) is 2.41. The first-order chi connectivity index (χ1) is 10.1. The van der Waals surface area contributed by atoms with Gasteiger partial charge in [0.2, 0.25) is 0 Å². The zero-order valence-electron chi connectivity index (χ0n) is 12.8. The molecule has 3 heteroatoms. The van der Waals surface area contributed by atoms with Crippen molar-refractivity contribution in [3.8, 4) is 5.75 Å². The van der Waals surface area contributed by atoms with Gasteiger partial charge in [-0.15, -0.1) is 0 Å². The van der Waals surface area contributed by atoms with E-state index in [1.807, 2.05) is 25.1 Å². The van der Waals surface area contributed by atoms with Crippen LogP contribution in [0.3, 0.4) is 0 Å². The molecule has 0 fully saturated rings. The van der Waals surface area contributed by atoms with Crippen LogP contribution in [0.4, 0.5) is 4.39 Å². The Labute approximate surface area is 126 Å². The molecule has 0 bridgehead atoms. The van der Waals surface area contributed by atoms with E-state index in [0.29, 0.717) is 6.42 Å². The number of nitrogens with one attached hydrogen (secondary N) is 1. The van der Waals surface area contributed by atoms with Crippen molar-refractivity contribution in [1.82, 2.24) is 5.32 Å². The molecule has 2 nitrogen and oxygen atoms in total. The van der Waals surface area contributed by atoms with E-state index in [1.165, 1.54) is 11.6 Å². The Hall–Kier alpha value is -1.87. The van der Waals surface area contributed by atoms with Crippen molar-refractivity contribution in [1.29, 1.82) is 0 Å². The first kappa shape index (κ1) is 15.5. The number of halogens is 1. The van der Waals surface area contributed by atoms with Gasteiger partial charge in [0.25, 0.3) is 0 Å². The van der Waals surface area contributed by atoms with E-state index >= 15 is 0 Å². The minimum atomic E-state index is -0.139. The lowest BCUT2D eigenvalue weighted by Crippen LogP contribution is -2.22. The maximum Gasteiger partial charge on any atom is 0.126 e. The lowest BCUT2D eigenvalue weighted by atomic mass is 10.0. The van der Waals surface area contributed by atoms with E-state index in [0.717, 1.165) is 23.4 Å². The molecule has 1 atom stereocenters. The van der Waals surface area contributed by atoms with E-state index in [9.17, 15) is 4.39 Å². The molecule has 0 aromatic heterocycles. The maximum atomic E-state index is 13.6. The number of hydrogen-bond acceptors (Lipinski definition) is 2. The minimum Gasteiger partial charge on any atom is -0.496 e. The molecule has 0 saturated carbocycles. The predicted octanol–water partition coefficient (Wildman–Crippen LogP) is 4.04. The number of methoxy groups -OCH3 is 1. The summed E-state index contributed by atoms with van der Waals surface area (Å²) in [6, 6.07) is 13.3. The third-order valence-electron chi connectivity index (χ3n) is 3.66. The van der Waals surface area contributed by atoms with E-state index in [1.54, 1.807) is 13.2 Å². The third-order valence-corrected chi connectivity index (χ3v) is 3.66. The second kappa shape index (κ2) is 7.23. The lowest BCUT2D eigenvalue weighted by Gasteiger charge is -2.18. The fourth-order valence-corrected chi connectivity index (χ4v) is 2.41. The van der Waals surface area contributed by atoms with Crippen LogP contribution in [0.25, 0.3) is 0 Å². The average Bonchev–Trinajstić information content (AvgIpc) is 2.48. The van der Waals surface area contributed by atoms with Gasteiger partial charge < -0.3 is 10.1 Å². The van der Waals surface area contributed by atoms with Gasteiger partial charge in [-0.3, -0.25) is 0 Å². The molecule has 0 saturated heterocycles. The molecule has 2 aromatic carbocycles. The largest absolute Gasteiger partial charge is 0.496 e. The van der Waals surface area contributed by atoms with Gasteiger partial charge in [0.15, 0.2) is 0 Å². The van der Waals surface area contributed by atoms with Crippen LogP contribution in [0.15, 0.2) is 42.5 Å². The Morgan fingerprint density at radius 1 is 1.19 bits per heavy atom. The van der Waals surface area contributed by atoms with Gasteiger partial charge in [-0.05, 0) is 50.1 Å². The molecule has 0 spiro atoms. The summed E-state index contributed by atoms with van der Waals surface area (Å²) in [5.41, 5.74) is 3.04. The summed E-state index contributed by atoms with van der Waals surface area (Å²) >= 11 is 0. The molecule has 0 aliphatic rings. The Morgan fingerprint density at radius 3 is 2.67 bits per heavy atom. The smallest absolute Gasteiger partial charge is 0.126 e. The standard InChI is InChI=1S/C18H22FNO/c1-13-8-9-16(18(12-13)21-3)14(2)20-11-10-15-6-4-5-7-17(15)19/h4-9,12,14,20H,10-11H2,1-3H3. The summed E-state index contributed by atoms with van der Waals surface area (Å²) in [6.07, 6.45) is 0.672. The SMILES string of the molecule is COc1cc(C)ccc1C(C)NCCc1ccccc1F. The third kappa shape index (κ3) is 4.05. The van der Waals surface area contributed by atoms with Gasteiger partial charge >= 0.3 is 0 Å². The van der Waals surface area contributed by atoms with Crippen molar-refractivity contribution in [3.63, 3.8) is 0 Å². The summed E-state index contributed by atoms with van der Waals surface area (Å²) < 4.78 is 19.0. The monoisotopic (exact) mass is 287 g/mol. The number of ether oxygens (including phenoxy) is 1. The van der Waals surface area contributed by atoms with Crippen LogP contribution in [-0.2, 0) is 6.42 Å². The van der Waals surface area contributed by atoms with Crippen LogP contribution < -0.4 is 10.1 Å². The highest BCUT2D eigenvalue weighted by Gasteiger charge is 2.11. The summed E-state index contributed by atoms with van der Waals surface area (Å²) in [5, 5.41) is 3.42. The average molecular weight is 287 g/mol. The number of rotatable bonds is 6. The van der Waals surface area contributed by atoms with Crippen LogP contribution in [0.1, 0.15) is 29.7 Å². The van der Waals surface area contributed by atoms with Gasteiger partial charge in [0.05, 0.1) is 7.11 Å². The molecule has 0 radical (unpaired) electrons. The van der Waals surface area contributed by atoms with Crippen molar-refractivity contribution in [2.75, 3.05) is 13.7 Å². The first-order valence-electron chi connectivity index (χ1n) is 7.23. The van der Waals surface area contributed by atoms with Crippen molar-refractivity contribution >= 4 is 0 Å². The highest BCUT2D eigenvalue weighted by atomic mass is 19.1. The first-order valence-corrected chi connectivity index (χ1v) is 7.23. The Bertz CT molecular complexity index is 598. The molecule has 0 aliphatic heterocycles. The van der Waals surface area contributed by atoms with E-state index < -0.39 is 0 Å². The highest BCUT2D eigenvalue weighted by Crippen LogP contribution is 2.26. The second-order valence-electron chi connectivity index (χ2n) is 5.26. The highest BCUT2D eigenvalue weighted by molar-refractivity contribution is 5.39. The van der Waals surface area contributed by atoms with Crippen LogP contribution in [-0.4, -0.2) is 13.7 Å². The summed E-state index contributed by atoms with van der Waals surface area (Å²) in [4.78, 5) is 0. The quantitative estimate of drug-likeness (QED) is 0.866. The predicted molar refractivity (Wildman–Crippen MR) is 84.3 cm³/mol. The molecule has 2 rings (SSSR count). The Morgan fingerprint density at radius 2 is 1.95 bits per heavy atom. The van der Waals surface area contributed by atoms with E-state index in [4.69, 9.17) is 4.74 Å². The number of benzene rings is 2. The topological polar surface area (TPSA) is 21.3 Å². The molecule has 112 valence electrons. The zero-order chi connectivity index (χ0) is 15.2. The Kier molecular flexibility index (Phi) is 5.34. The molecule has 1 N–H and O–H groups in total. The molecule has 1 unspecified atom stereocenters. The number of hydrogen-bond donors (Lipinski definition) is 1. The van der Waals surface area contributed by atoms with Gasteiger partial charge in [-0.25, -0.2) is 4.39 Å². The van der Waals surface area contributed by atoms with Crippen LogP contribution in [0.2, 0.25) is 0 Å². The maximum absolute atomic E-state index is 13.6. The number of aryl methyl sites for hydroxylation is 1. The zero-order valence-corrected chi connectivity index (χ0v) is 12.8. The molecular weight excluding hydrogens is 265 g/mol. The normalized spacial score (nSPS) is 12.2.